The molecular formula is C19H25N5O2. The minimum Gasteiger partial charge on any atom is -0.348 e. The smallest absolute Gasteiger partial charge is 0.251 e. The van der Waals surface area contributed by atoms with E-state index in [0.717, 1.165) is 19.5 Å². The molecule has 0 radical (unpaired) electrons. The molecular weight excluding hydrogens is 330 g/mol. The van der Waals surface area contributed by atoms with Gasteiger partial charge in [0, 0.05) is 49.2 Å². The molecule has 1 fully saturated rings. The highest BCUT2D eigenvalue weighted by atomic mass is 16.2. The fraction of sp³-hybridized carbons (Fsp3) is 0.421. The molecule has 2 amide bonds. The molecule has 3 rings (SSSR count). The van der Waals surface area contributed by atoms with Crippen LogP contribution >= 0.6 is 0 Å². The maximum absolute atomic E-state index is 12.5. The SMILES string of the molecule is CC1CCNCC1NC(=O)c1cccc(NC(=O)CCn2ccnc2)c1. The molecule has 138 valence electrons. The second-order valence-corrected chi connectivity index (χ2v) is 6.73. The lowest BCUT2D eigenvalue weighted by molar-refractivity contribution is -0.116. The Morgan fingerprint density at radius 1 is 1.38 bits per heavy atom. The van der Waals surface area contributed by atoms with Crippen molar-refractivity contribution in [2.75, 3.05) is 18.4 Å². The van der Waals surface area contributed by atoms with E-state index in [-0.39, 0.29) is 17.9 Å². The number of imidazole rings is 1. The molecule has 1 aromatic heterocycles. The minimum atomic E-state index is -0.111. The molecule has 1 aliphatic rings. The Morgan fingerprint density at radius 3 is 3.04 bits per heavy atom. The van der Waals surface area contributed by atoms with Gasteiger partial charge in [0.05, 0.1) is 6.33 Å². The van der Waals surface area contributed by atoms with Crippen LogP contribution in [0.1, 0.15) is 30.1 Å². The molecule has 2 heterocycles. The van der Waals surface area contributed by atoms with Crippen LogP contribution < -0.4 is 16.0 Å². The van der Waals surface area contributed by atoms with E-state index in [1.165, 1.54) is 0 Å². The van der Waals surface area contributed by atoms with Crippen LogP contribution in [0.4, 0.5) is 5.69 Å². The van der Waals surface area contributed by atoms with Crippen LogP contribution in [0.25, 0.3) is 0 Å². The van der Waals surface area contributed by atoms with E-state index in [2.05, 4.69) is 27.9 Å². The summed E-state index contributed by atoms with van der Waals surface area (Å²) in [5.74, 6) is 0.243. The Bertz CT molecular complexity index is 744. The van der Waals surface area contributed by atoms with Gasteiger partial charge in [0.15, 0.2) is 0 Å². The highest BCUT2D eigenvalue weighted by molar-refractivity contribution is 5.97. The number of nitrogens with one attached hydrogen (secondary N) is 3. The molecule has 1 aromatic carbocycles. The summed E-state index contributed by atoms with van der Waals surface area (Å²) in [4.78, 5) is 28.6. The number of rotatable bonds is 6. The summed E-state index contributed by atoms with van der Waals surface area (Å²) in [7, 11) is 0. The number of nitrogens with zero attached hydrogens (tertiary/aromatic N) is 2. The highest BCUT2D eigenvalue weighted by Gasteiger charge is 2.23. The van der Waals surface area contributed by atoms with Crippen molar-refractivity contribution in [2.24, 2.45) is 5.92 Å². The largest absolute Gasteiger partial charge is 0.348 e. The molecule has 1 saturated heterocycles. The van der Waals surface area contributed by atoms with Crippen LogP contribution in [0.15, 0.2) is 43.0 Å². The lowest BCUT2D eigenvalue weighted by atomic mass is 9.94. The lowest BCUT2D eigenvalue weighted by Gasteiger charge is -2.30. The third kappa shape index (κ3) is 4.92. The summed E-state index contributed by atoms with van der Waals surface area (Å²) in [6.45, 7) is 4.51. The number of carbonyl (C=O) groups is 2. The zero-order valence-corrected chi connectivity index (χ0v) is 14.9. The first-order valence-electron chi connectivity index (χ1n) is 8.99. The summed E-state index contributed by atoms with van der Waals surface area (Å²) < 4.78 is 1.85. The fourth-order valence-corrected chi connectivity index (χ4v) is 3.05. The number of aromatic nitrogens is 2. The second kappa shape index (κ2) is 8.62. The van der Waals surface area contributed by atoms with Gasteiger partial charge < -0.3 is 20.5 Å². The van der Waals surface area contributed by atoms with Crippen LogP contribution in [-0.2, 0) is 11.3 Å². The van der Waals surface area contributed by atoms with Crippen molar-refractivity contribution in [3.05, 3.63) is 48.5 Å². The number of aryl methyl sites for hydroxylation is 1. The monoisotopic (exact) mass is 355 g/mol. The van der Waals surface area contributed by atoms with E-state index < -0.39 is 0 Å². The number of hydrogen-bond acceptors (Lipinski definition) is 4. The Labute approximate surface area is 153 Å². The average Bonchev–Trinajstić information content (AvgIpc) is 3.16. The number of hydrogen-bond donors (Lipinski definition) is 3. The van der Waals surface area contributed by atoms with E-state index in [0.29, 0.717) is 30.1 Å². The van der Waals surface area contributed by atoms with Crippen LogP contribution in [0, 0.1) is 5.92 Å². The molecule has 7 nitrogen and oxygen atoms in total. The maximum atomic E-state index is 12.5. The Morgan fingerprint density at radius 2 is 2.27 bits per heavy atom. The van der Waals surface area contributed by atoms with Crippen molar-refractivity contribution in [1.82, 2.24) is 20.2 Å². The van der Waals surface area contributed by atoms with Crippen molar-refractivity contribution in [3.8, 4) is 0 Å². The maximum Gasteiger partial charge on any atom is 0.251 e. The van der Waals surface area contributed by atoms with Crippen molar-refractivity contribution < 1.29 is 9.59 Å². The van der Waals surface area contributed by atoms with Crippen molar-refractivity contribution >= 4 is 17.5 Å². The first-order chi connectivity index (χ1) is 12.6. The van der Waals surface area contributed by atoms with Crippen molar-refractivity contribution in [2.45, 2.75) is 32.4 Å². The molecule has 2 aromatic rings. The van der Waals surface area contributed by atoms with Gasteiger partial charge in [0.2, 0.25) is 5.91 Å². The molecule has 3 N–H and O–H groups in total. The number of benzene rings is 1. The quantitative estimate of drug-likeness (QED) is 0.735. The number of anilines is 1. The first kappa shape index (κ1) is 18.1. The second-order valence-electron chi connectivity index (χ2n) is 6.73. The van der Waals surface area contributed by atoms with Crippen LogP contribution in [0.5, 0.6) is 0 Å². The predicted molar refractivity (Wildman–Crippen MR) is 99.8 cm³/mol. The molecule has 0 aliphatic carbocycles. The van der Waals surface area contributed by atoms with Gasteiger partial charge in [-0.05, 0) is 37.1 Å². The van der Waals surface area contributed by atoms with E-state index in [4.69, 9.17) is 0 Å². The molecule has 1 aliphatic heterocycles. The number of piperidine rings is 1. The zero-order valence-electron chi connectivity index (χ0n) is 14.9. The first-order valence-corrected chi connectivity index (χ1v) is 8.99. The van der Waals surface area contributed by atoms with Crippen molar-refractivity contribution in [1.29, 1.82) is 0 Å². The van der Waals surface area contributed by atoms with Gasteiger partial charge in [-0.2, -0.15) is 0 Å². The van der Waals surface area contributed by atoms with Gasteiger partial charge in [-0.3, -0.25) is 9.59 Å². The Balaban J connectivity index is 1.55. The lowest BCUT2D eigenvalue weighted by Crippen LogP contribution is -2.50. The van der Waals surface area contributed by atoms with Gasteiger partial charge in [0.1, 0.15) is 0 Å². The molecule has 2 unspecified atom stereocenters. The molecule has 26 heavy (non-hydrogen) atoms. The van der Waals surface area contributed by atoms with E-state index >= 15 is 0 Å². The molecule has 0 spiro atoms. The van der Waals surface area contributed by atoms with Gasteiger partial charge >= 0.3 is 0 Å². The third-order valence-corrected chi connectivity index (χ3v) is 4.71. The van der Waals surface area contributed by atoms with Gasteiger partial charge in [-0.25, -0.2) is 4.98 Å². The van der Waals surface area contributed by atoms with Crippen LogP contribution in [0.2, 0.25) is 0 Å². The van der Waals surface area contributed by atoms with E-state index in [1.807, 2.05) is 10.8 Å². The normalized spacial score (nSPS) is 19.7. The third-order valence-electron chi connectivity index (χ3n) is 4.71. The van der Waals surface area contributed by atoms with Gasteiger partial charge in [-0.1, -0.05) is 13.0 Å². The van der Waals surface area contributed by atoms with Crippen LogP contribution in [0.3, 0.4) is 0 Å². The van der Waals surface area contributed by atoms with Crippen molar-refractivity contribution in [3.63, 3.8) is 0 Å². The standard InChI is InChI=1S/C19H25N5O2/c1-14-5-7-20-12-17(14)23-19(26)15-3-2-4-16(11-15)22-18(25)6-9-24-10-8-21-13-24/h2-4,8,10-11,13-14,17,20H,5-7,9,12H2,1H3,(H,22,25)(H,23,26). The molecule has 2 atom stereocenters. The summed E-state index contributed by atoms with van der Waals surface area (Å²) in [6.07, 6.45) is 6.58. The molecule has 0 bridgehead atoms. The molecule has 0 saturated carbocycles. The highest BCUT2D eigenvalue weighted by Crippen LogP contribution is 2.14. The zero-order chi connectivity index (χ0) is 18.4. The number of amides is 2. The Kier molecular flexibility index (Phi) is 6.01. The topological polar surface area (TPSA) is 88.0 Å². The molecule has 7 heteroatoms. The fourth-order valence-electron chi connectivity index (χ4n) is 3.05. The van der Waals surface area contributed by atoms with Gasteiger partial charge in [-0.15, -0.1) is 0 Å². The summed E-state index contributed by atoms with van der Waals surface area (Å²) in [5.41, 5.74) is 1.18. The average molecular weight is 355 g/mol. The van der Waals surface area contributed by atoms with Gasteiger partial charge in [0.25, 0.3) is 5.91 Å². The van der Waals surface area contributed by atoms with E-state index in [9.17, 15) is 9.59 Å². The van der Waals surface area contributed by atoms with E-state index in [1.54, 1.807) is 36.8 Å². The number of carbonyl (C=O) groups excluding carboxylic acids is 2. The van der Waals surface area contributed by atoms with Crippen LogP contribution in [-0.4, -0.2) is 40.5 Å². The summed E-state index contributed by atoms with van der Waals surface area (Å²) >= 11 is 0. The predicted octanol–water partition coefficient (Wildman–Crippen LogP) is 1.64. The summed E-state index contributed by atoms with van der Waals surface area (Å²) in [5, 5.41) is 9.24. The Hall–Kier alpha value is -2.67. The minimum absolute atomic E-state index is 0.0960. The summed E-state index contributed by atoms with van der Waals surface area (Å²) in [6, 6.07) is 7.17.